The number of nitrogens with one attached hydrogen (secondary N) is 1. The van der Waals surface area contributed by atoms with Crippen LogP contribution in [-0.4, -0.2) is 66.1 Å². The Bertz CT molecular complexity index is 892. The second-order valence-electron chi connectivity index (χ2n) is 7.34. The zero-order valence-electron chi connectivity index (χ0n) is 15.2. The molecule has 3 heterocycles. The highest BCUT2D eigenvalue weighted by Gasteiger charge is 2.27. The number of aromatic nitrogens is 1. The molecule has 2 aliphatic heterocycles. The minimum absolute atomic E-state index is 0.0275. The van der Waals surface area contributed by atoms with Crippen molar-refractivity contribution in [2.75, 3.05) is 39.3 Å². The first-order valence-corrected chi connectivity index (χ1v) is 9.56. The Hall–Kier alpha value is -2.25. The minimum atomic E-state index is -0.448. The van der Waals surface area contributed by atoms with E-state index in [9.17, 15) is 14.0 Å². The Balaban J connectivity index is 1.59. The Morgan fingerprint density at radius 1 is 1.19 bits per heavy atom. The van der Waals surface area contributed by atoms with Crippen LogP contribution in [0.1, 0.15) is 29.6 Å². The third kappa shape index (κ3) is 4.04. The Morgan fingerprint density at radius 3 is 2.81 bits per heavy atom. The van der Waals surface area contributed by atoms with E-state index in [0.717, 1.165) is 26.1 Å². The van der Waals surface area contributed by atoms with Crippen molar-refractivity contribution in [3.8, 4) is 0 Å². The van der Waals surface area contributed by atoms with Gasteiger partial charge in [0.25, 0.3) is 5.91 Å². The van der Waals surface area contributed by atoms with Gasteiger partial charge >= 0.3 is 0 Å². The van der Waals surface area contributed by atoms with Crippen LogP contribution in [-0.2, 0) is 4.74 Å². The lowest BCUT2D eigenvalue weighted by molar-refractivity contribution is 0.0298. The van der Waals surface area contributed by atoms with E-state index >= 15 is 0 Å². The molecule has 1 aromatic heterocycles. The smallest absolute Gasteiger partial charge is 0.254 e. The van der Waals surface area contributed by atoms with E-state index in [2.05, 4.69) is 9.88 Å². The van der Waals surface area contributed by atoms with E-state index in [0.29, 0.717) is 36.2 Å². The zero-order chi connectivity index (χ0) is 18.8. The maximum absolute atomic E-state index is 13.5. The van der Waals surface area contributed by atoms with Gasteiger partial charge in [0.05, 0.1) is 17.2 Å². The molecule has 7 heteroatoms. The summed E-state index contributed by atoms with van der Waals surface area (Å²) in [7, 11) is 0. The second-order valence-corrected chi connectivity index (χ2v) is 7.34. The van der Waals surface area contributed by atoms with Crippen molar-refractivity contribution in [3.05, 3.63) is 46.0 Å². The average Bonchev–Trinajstić information content (AvgIpc) is 3.04. The number of hydrogen-bond acceptors (Lipinski definition) is 4. The number of benzene rings is 1. The van der Waals surface area contributed by atoms with Crippen LogP contribution >= 0.6 is 0 Å². The molecule has 2 aliphatic rings. The van der Waals surface area contributed by atoms with E-state index < -0.39 is 11.4 Å². The number of H-pyrrole nitrogens is 1. The number of hydrogen-bond donors (Lipinski definition) is 1. The first-order chi connectivity index (χ1) is 13.1. The lowest BCUT2D eigenvalue weighted by Gasteiger charge is -2.27. The van der Waals surface area contributed by atoms with Gasteiger partial charge < -0.3 is 19.5 Å². The summed E-state index contributed by atoms with van der Waals surface area (Å²) in [5.74, 6) is -0.647. The maximum Gasteiger partial charge on any atom is 0.254 e. The van der Waals surface area contributed by atoms with E-state index in [4.69, 9.17) is 4.74 Å². The second kappa shape index (κ2) is 7.78. The average molecular weight is 373 g/mol. The SMILES string of the molecule is O=C(c1cc(=O)[nH]c2cc(F)ccc12)N1CCCO[C@@H](CN2CCCC2)C1. The third-order valence-corrected chi connectivity index (χ3v) is 5.33. The molecule has 0 spiro atoms. The highest BCUT2D eigenvalue weighted by molar-refractivity contribution is 6.06. The number of aromatic amines is 1. The Labute approximate surface area is 156 Å². The monoisotopic (exact) mass is 373 g/mol. The molecule has 0 aliphatic carbocycles. The number of rotatable bonds is 3. The van der Waals surface area contributed by atoms with Crippen molar-refractivity contribution in [3.63, 3.8) is 0 Å². The van der Waals surface area contributed by atoms with Gasteiger partial charge in [-0.25, -0.2) is 4.39 Å². The zero-order valence-corrected chi connectivity index (χ0v) is 15.2. The number of likely N-dealkylation sites (tertiary alicyclic amines) is 1. The van der Waals surface area contributed by atoms with E-state index in [1.54, 1.807) is 11.0 Å². The van der Waals surface area contributed by atoms with Crippen molar-refractivity contribution in [1.82, 2.24) is 14.8 Å². The molecule has 2 fully saturated rings. The Morgan fingerprint density at radius 2 is 2.00 bits per heavy atom. The normalized spacial score (nSPS) is 21.5. The van der Waals surface area contributed by atoms with Gasteiger partial charge in [-0.15, -0.1) is 0 Å². The number of amides is 1. The summed E-state index contributed by atoms with van der Waals surface area (Å²) in [5, 5.41) is 0.558. The molecule has 6 nitrogen and oxygen atoms in total. The molecule has 0 radical (unpaired) electrons. The highest BCUT2D eigenvalue weighted by atomic mass is 19.1. The highest BCUT2D eigenvalue weighted by Crippen LogP contribution is 2.20. The summed E-state index contributed by atoms with van der Waals surface area (Å²) in [6.07, 6.45) is 3.16. The fourth-order valence-corrected chi connectivity index (χ4v) is 4.02. The van der Waals surface area contributed by atoms with Gasteiger partial charge in [0, 0.05) is 37.7 Å². The van der Waals surface area contributed by atoms with Gasteiger partial charge in [0.2, 0.25) is 5.56 Å². The van der Waals surface area contributed by atoms with Gasteiger partial charge in [-0.2, -0.15) is 0 Å². The molecule has 144 valence electrons. The predicted octanol–water partition coefficient (Wildman–Crippen LogP) is 1.99. The first-order valence-electron chi connectivity index (χ1n) is 9.56. The van der Waals surface area contributed by atoms with Crippen molar-refractivity contribution in [2.45, 2.75) is 25.4 Å². The van der Waals surface area contributed by atoms with Gasteiger partial charge in [0.1, 0.15) is 5.82 Å². The summed E-state index contributed by atoms with van der Waals surface area (Å²) in [6, 6.07) is 5.40. The maximum atomic E-state index is 13.5. The topological polar surface area (TPSA) is 65.6 Å². The molecule has 1 atom stereocenters. The molecule has 0 unspecified atom stereocenters. The fourth-order valence-electron chi connectivity index (χ4n) is 4.02. The molecular formula is C20H24FN3O3. The van der Waals surface area contributed by atoms with Crippen LogP contribution in [0.4, 0.5) is 4.39 Å². The molecule has 1 amide bonds. The number of nitrogens with zero attached hydrogens (tertiary/aromatic N) is 2. The molecule has 0 saturated carbocycles. The summed E-state index contributed by atoms with van der Waals surface area (Å²) in [6.45, 7) is 4.71. The van der Waals surface area contributed by atoms with Crippen molar-refractivity contribution >= 4 is 16.8 Å². The van der Waals surface area contributed by atoms with Crippen molar-refractivity contribution in [2.24, 2.45) is 0 Å². The van der Waals surface area contributed by atoms with E-state index in [1.807, 2.05) is 0 Å². The quantitative estimate of drug-likeness (QED) is 0.894. The molecule has 4 rings (SSSR count). The molecule has 2 aromatic rings. The molecule has 0 bridgehead atoms. The van der Waals surface area contributed by atoms with Crippen LogP contribution < -0.4 is 5.56 Å². The largest absolute Gasteiger partial charge is 0.375 e. The minimum Gasteiger partial charge on any atom is -0.375 e. The Kier molecular flexibility index (Phi) is 5.22. The summed E-state index contributed by atoms with van der Waals surface area (Å²) < 4.78 is 19.5. The third-order valence-electron chi connectivity index (χ3n) is 5.33. The first kappa shape index (κ1) is 18.1. The summed E-state index contributed by atoms with van der Waals surface area (Å²) >= 11 is 0. The van der Waals surface area contributed by atoms with Crippen LogP contribution in [0.2, 0.25) is 0 Å². The molecule has 1 N–H and O–H groups in total. The number of pyridine rings is 1. The predicted molar refractivity (Wildman–Crippen MR) is 100 cm³/mol. The standard InChI is InChI=1S/C20H24FN3O3/c21-14-4-5-16-17(11-19(25)22-18(16)10-14)20(26)24-8-3-9-27-15(13-24)12-23-6-1-2-7-23/h4-5,10-11,15H,1-3,6-9,12-13H2,(H,22,25)/t15-/m0/s1. The molecule has 27 heavy (non-hydrogen) atoms. The van der Waals surface area contributed by atoms with Crippen LogP contribution in [0.5, 0.6) is 0 Å². The molecule has 2 saturated heterocycles. The van der Waals surface area contributed by atoms with Gasteiger partial charge in [-0.1, -0.05) is 0 Å². The van der Waals surface area contributed by atoms with Crippen LogP contribution in [0, 0.1) is 5.82 Å². The summed E-state index contributed by atoms with van der Waals surface area (Å²) in [4.78, 5) is 31.9. The number of halogens is 1. The van der Waals surface area contributed by atoms with Crippen LogP contribution in [0.15, 0.2) is 29.1 Å². The number of carbonyl (C=O) groups excluding carboxylic acids is 1. The number of ether oxygens (including phenoxy) is 1. The van der Waals surface area contributed by atoms with E-state index in [1.165, 1.54) is 31.0 Å². The summed E-state index contributed by atoms with van der Waals surface area (Å²) in [5.41, 5.74) is 0.247. The van der Waals surface area contributed by atoms with E-state index in [-0.39, 0.29) is 12.0 Å². The number of fused-ring (bicyclic) bond motifs is 1. The van der Waals surface area contributed by atoms with Crippen LogP contribution in [0.25, 0.3) is 10.9 Å². The van der Waals surface area contributed by atoms with Gasteiger partial charge in [0.15, 0.2) is 0 Å². The lowest BCUT2D eigenvalue weighted by atomic mass is 10.1. The molecular weight excluding hydrogens is 349 g/mol. The van der Waals surface area contributed by atoms with Gasteiger partial charge in [-0.3, -0.25) is 9.59 Å². The fraction of sp³-hybridized carbons (Fsp3) is 0.500. The lowest BCUT2D eigenvalue weighted by Crippen LogP contribution is -2.42. The molecule has 1 aromatic carbocycles. The van der Waals surface area contributed by atoms with Crippen LogP contribution in [0.3, 0.4) is 0 Å². The van der Waals surface area contributed by atoms with Gasteiger partial charge in [-0.05, 0) is 50.6 Å². The van der Waals surface area contributed by atoms with Crippen molar-refractivity contribution in [1.29, 1.82) is 0 Å². The van der Waals surface area contributed by atoms with Crippen molar-refractivity contribution < 1.29 is 13.9 Å². The number of carbonyl (C=O) groups is 1.